The van der Waals surface area contributed by atoms with Crippen molar-refractivity contribution in [3.05, 3.63) is 54.0 Å². The number of nitrogens with one attached hydrogen (secondary N) is 2. The van der Waals surface area contributed by atoms with Gasteiger partial charge in [0, 0.05) is 24.3 Å². The lowest BCUT2D eigenvalue weighted by Crippen LogP contribution is -2.42. The van der Waals surface area contributed by atoms with Crippen LogP contribution in [-0.4, -0.2) is 64.7 Å². The molecule has 11 nitrogen and oxygen atoms in total. The molecule has 0 spiro atoms. The quantitative estimate of drug-likeness (QED) is 0.416. The molecule has 37 heavy (non-hydrogen) atoms. The molecule has 2 N–H and O–H groups in total. The van der Waals surface area contributed by atoms with Crippen LogP contribution < -0.4 is 10.6 Å². The minimum atomic E-state index is -0.332. The van der Waals surface area contributed by atoms with Crippen LogP contribution in [0.4, 0.5) is 11.4 Å². The molecular formula is C26H31N9O2. The summed E-state index contributed by atoms with van der Waals surface area (Å²) in [7, 11) is 1.84. The Kier molecular flexibility index (Phi) is 6.24. The SMILES string of the molecule is Cc1ncc(NC(=O)CN2CCCC2(C)C)cc1NC(=O)c1cnn2cc(-c3cnn(C)c3)nc(C)c12. The Balaban J connectivity index is 1.33. The van der Waals surface area contributed by atoms with Gasteiger partial charge in [-0.25, -0.2) is 9.50 Å². The van der Waals surface area contributed by atoms with Crippen molar-refractivity contribution < 1.29 is 9.59 Å². The highest BCUT2D eigenvalue weighted by atomic mass is 16.2. The van der Waals surface area contributed by atoms with Crippen LogP contribution in [0.1, 0.15) is 48.4 Å². The highest BCUT2D eigenvalue weighted by Crippen LogP contribution is 2.28. The van der Waals surface area contributed by atoms with Gasteiger partial charge in [0.05, 0.1) is 65.4 Å². The molecule has 1 saturated heterocycles. The summed E-state index contributed by atoms with van der Waals surface area (Å²) in [5.74, 6) is -0.437. The Morgan fingerprint density at radius 2 is 1.86 bits per heavy atom. The molecule has 0 aromatic carbocycles. The molecule has 0 saturated carbocycles. The molecule has 5 heterocycles. The van der Waals surface area contributed by atoms with Crippen molar-refractivity contribution in [1.82, 2.24) is 34.3 Å². The van der Waals surface area contributed by atoms with E-state index in [1.807, 2.05) is 20.2 Å². The van der Waals surface area contributed by atoms with Crippen molar-refractivity contribution in [3.8, 4) is 11.3 Å². The van der Waals surface area contributed by atoms with E-state index in [0.717, 1.165) is 24.9 Å². The van der Waals surface area contributed by atoms with Crippen LogP contribution >= 0.6 is 0 Å². The van der Waals surface area contributed by atoms with E-state index in [2.05, 4.69) is 49.5 Å². The molecule has 0 radical (unpaired) electrons. The molecule has 1 fully saturated rings. The van der Waals surface area contributed by atoms with E-state index in [9.17, 15) is 9.59 Å². The molecule has 4 aromatic rings. The van der Waals surface area contributed by atoms with Crippen LogP contribution in [0.25, 0.3) is 16.8 Å². The number of nitrogens with zero attached hydrogens (tertiary/aromatic N) is 7. The Morgan fingerprint density at radius 1 is 1.05 bits per heavy atom. The van der Waals surface area contributed by atoms with Crippen molar-refractivity contribution in [3.63, 3.8) is 0 Å². The van der Waals surface area contributed by atoms with Gasteiger partial charge in [0.2, 0.25) is 5.91 Å². The van der Waals surface area contributed by atoms with Gasteiger partial charge in [-0.15, -0.1) is 0 Å². The van der Waals surface area contributed by atoms with Crippen molar-refractivity contribution >= 4 is 28.7 Å². The van der Waals surface area contributed by atoms with E-state index in [-0.39, 0.29) is 17.4 Å². The molecule has 5 rings (SSSR count). The number of carbonyl (C=O) groups is 2. The van der Waals surface area contributed by atoms with E-state index in [0.29, 0.717) is 46.1 Å². The zero-order valence-electron chi connectivity index (χ0n) is 21.7. The number of aryl methyl sites for hydroxylation is 3. The van der Waals surface area contributed by atoms with Gasteiger partial charge in [0.15, 0.2) is 0 Å². The minimum absolute atomic E-state index is 0.0160. The Morgan fingerprint density at radius 3 is 2.57 bits per heavy atom. The fraction of sp³-hybridized carbons (Fsp3) is 0.385. The Hall–Kier alpha value is -4.12. The molecule has 0 atom stereocenters. The van der Waals surface area contributed by atoms with Gasteiger partial charge >= 0.3 is 0 Å². The van der Waals surface area contributed by atoms with Gasteiger partial charge in [-0.3, -0.25) is 24.2 Å². The second kappa shape index (κ2) is 9.40. The summed E-state index contributed by atoms with van der Waals surface area (Å²) in [6, 6.07) is 1.73. The summed E-state index contributed by atoms with van der Waals surface area (Å²) in [5, 5.41) is 14.4. The summed E-state index contributed by atoms with van der Waals surface area (Å²) in [6.45, 7) is 9.19. The van der Waals surface area contributed by atoms with E-state index >= 15 is 0 Å². The number of aromatic nitrogens is 6. The zero-order valence-corrected chi connectivity index (χ0v) is 21.7. The molecule has 2 amide bonds. The average molecular weight is 502 g/mol. The number of pyridine rings is 1. The van der Waals surface area contributed by atoms with E-state index in [1.54, 1.807) is 40.8 Å². The molecular weight excluding hydrogens is 470 g/mol. The van der Waals surface area contributed by atoms with Gasteiger partial charge in [-0.1, -0.05) is 0 Å². The molecule has 1 aliphatic heterocycles. The lowest BCUT2D eigenvalue weighted by molar-refractivity contribution is -0.118. The van der Waals surface area contributed by atoms with Crippen LogP contribution in [-0.2, 0) is 11.8 Å². The molecule has 0 aliphatic carbocycles. The third kappa shape index (κ3) is 4.94. The number of anilines is 2. The maximum absolute atomic E-state index is 13.3. The van der Waals surface area contributed by atoms with E-state index in [4.69, 9.17) is 0 Å². The summed E-state index contributed by atoms with van der Waals surface area (Å²) < 4.78 is 3.36. The number of carbonyl (C=O) groups excluding carboxylic acids is 2. The first-order valence-electron chi connectivity index (χ1n) is 12.3. The predicted octanol–water partition coefficient (Wildman–Crippen LogP) is 3.21. The maximum atomic E-state index is 13.3. The first kappa shape index (κ1) is 24.6. The summed E-state index contributed by atoms with van der Waals surface area (Å²) in [4.78, 5) is 37.2. The van der Waals surface area contributed by atoms with Gasteiger partial charge in [-0.2, -0.15) is 10.2 Å². The fourth-order valence-corrected chi connectivity index (χ4v) is 4.81. The topological polar surface area (TPSA) is 122 Å². The number of hydrogen-bond donors (Lipinski definition) is 2. The van der Waals surface area contributed by atoms with Crippen LogP contribution in [0.2, 0.25) is 0 Å². The van der Waals surface area contributed by atoms with E-state index in [1.165, 1.54) is 6.20 Å². The second-order valence-corrected chi connectivity index (χ2v) is 10.2. The standard InChI is InChI=1S/C26H31N9O2/c1-16-21(9-19(11-27-16)31-23(36)15-34-8-6-7-26(34,3)4)32-25(37)20-12-29-35-14-22(30-17(2)24(20)35)18-10-28-33(5)13-18/h9-14H,6-8,15H2,1-5H3,(H,31,36)(H,32,37). The second-order valence-electron chi connectivity index (χ2n) is 10.2. The zero-order chi connectivity index (χ0) is 26.3. The predicted molar refractivity (Wildman–Crippen MR) is 140 cm³/mol. The Bertz CT molecular complexity index is 1500. The molecule has 1 aliphatic rings. The average Bonchev–Trinajstić information content (AvgIpc) is 3.54. The molecule has 0 bridgehead atoms. The first-order valence-corrected chi connectivity index (χ1v) is 12.3. The highest BCUT2D eigenvalue weighted by Gasteiger charge is 2.32. The van der Waals surface area contributed by atoms with Gasteiger partial charge < -0.3 is 10.6 Å². The maximum Gasteiger partial charge on any atom is 0.259 e. The van der Waals surface area contributed by atoms with Gasteiger partial charge in [0.1, 0.15) is 5.52 Å². The van der Waals surface area contributed by atoms with Crippen molar-refractivity contribution in [1.29, 1.82) is 0 Å². The monoisotopic (exact) mass is 501 g/mol. The third-order valence-electron chi connectivity index (χ3n) is 6.94. The molecule has 192 valence electrons. The number of likely N-dealkylation sites (tertiary alicyclic amines) is 1. The number of rotatable bonds is 6. The lowest BCUT2D eigenvalue weighted by Gasteiger charge is -2.30. The van der Waals surface area contributed by atoms with Gasteiger partial charge in [0.25, 0.3) is 5.91 Å². The first-order chi connectivity index (χ1) is 17.6. The van der Waals surface area contributed by atoms with Crippen molar-refractivity contribution in [2.75, 3.05) is 23.7 Å². The van der Waals surface area contributed by atoms with Crippen LogP contribution in [0.3, 0.4) is 0 Å². The molecule has 4 aromatic heterocycles. The molecule has 11 heteroatoms. The lowest BCUT2D eigenvalue weighted by atomic mass is 10.0. The van der Waals surface area contributed by atoms with Crippen molar-refractivity contribution in [2.24, 2.45) is 7.05 Å². The molecule has 0 unspecified atom stereocenters. The van der Waals surface area contributed by atoms with Crippen molar-refractivity contribution in [2.45, 2.75) is 46.1 Å². The normalized spacial score (nSPS) is 15.3. The summed E-state index contributed by atoms with van der Waals surface area (Å²) in [6.07, 6.45) is 10.7. The fourth-order valence-electron chi connectivity index (χ4n) is 4.81. The third-order valence-corrected chi connectivity index (χ3v) is 6.94. The summed E-state index contributed by atoms with van der Waals surface area (Å²) in [5.41, 5.74) is 4.96. The van der Waals surface area contributed by atoms with Crippen LogP contribution in [0.5, 0.6) is 0 Å². The smallest absolute Gasteiger partial charge is 0.259 e. The number of amides is 2. The van der Waals surface area contributed by atoms with E-state index < -0.39 is 0 Å². The number of fused-ring (bicyclic) bond motifs is 1. The minimum Gasteiger partial charge on any atom is -0.324 e. The largest absolute Gasteiger partial charge is 0.324 e. The summed E-state index contributed by atoms with van der Waals surface area (Å²) >= 11 is 0. The van der Waals surface area contributed by atoms with Gasteiger partial charge in [-0.05, 0) is 53.1 Å². The van der Waals surface area contributed by atoms with Crippen LogP contribution in [0, 0.1) is 13.8 Å². The highest BCUT2D eigenvalue weighted by molar-refractivity contribution is 6.09. The van der Waals surface area contributed by atoms with Crippen LogP contribution in [0.15, 0.2) is 37.1 Å². The number of hydrogen-bond acceptors (Lipinski definition) is 7. The Labute approximate surface area is 214 Å².